The van der Waals surface area contributed by atoms with E-state index in [4.69, 9.17) is 22.1 Å². The molecule has 1 aromatic heterocycles. The second-order valence-electron chi connectivity index (χ2n) is 4.15. The van der Waals surface area contributed by atoms with Gasteiger partial charge >= 0.3 is 0 Å². The Morgan fingerprint density at radius 1 is 1.39 bits per heavy atom. The van der Waals surface area contributed by atoms with Gasteiger partial charge < -0.3 is 10.5 Å². The minimum Gasteiger partial charge on any atom is -0.384 e. The minimum absolute atomic E-state index is 0.603. The van der Waals surface area contributed by atoms with Crippen LogP contribution in [0.2, 0.25) is 5.02 Å². The molecule has 2 aromatic rings. The first kappa shape index (κ1) is 12.9. The van der Waals surface area contributed by atoms with Crippen molar-refractivity contribution >= 4 is 17.4 Å². The number of benzene rings is 1. The molecule has 0 unspecified atom stereocenters. The van der Waals surface area contributed by atoms with Crippen molar-refractivity contribution in [1.29, 1.82) is 0 Å². The molecule has 0 saturated heterocycles. The number of hydrogen-bond acceptors (Lipinski definition) is 3. The molecule has 0 aliphatic rings. The molecule has 4 nitrogen and oxygen atoms in total. The average Bonchev–Trinajstić information content (AvgIpc) is 2.71. The summed E-state index contributed by atoms with van der Waals surface area (Å²) in [7, 11) is 1.67. The lowest BCUT2D eigenvalue weighted by Gasteiger charge is -2.08. The highest BCUT2D eigenvalue weighted by atomic mass is 35.5. The number of ether oxygens (including phenoxy) is 1. The summed E-state index contributed by atoms with van der Waals surface area (Å²) in [5.41, 5.74) is 8.87. The summed E-state index contributed by atoms with van der Waals surface area (Å²) in [6.45, 7) is 2.63. The van der Waals surface area contributed by atoms with Crippen LogP contribution < -0.4 is 5.73 Å². The first-order chi connectivity index (χ1) is 8.61. The van der Waals surface area contributed by atoms with Gasteiger partial charge in [0.15, 0.2) is 0 Å². The largest absolute Gasteiger partial charge is 0.384 e. The second kappa shape index (κ2) is 5.42. The monoisotopic (exact) mass is 265 g/mol. The van der Waals surface area contributed by atoms with E-state index in [-0.39, 0.29) is 0 Å². The normalized spacial score (nSPS) is 10.8. The zero-order valence-electron chi connectivity index (χ0n) is 10.5. The summed E-state index contributed by atoms with van der Waals surface area (Å²) in [6, 6.07) is 7.53. The lowest BCUT2D eigenvalue weighted by Crippen LogP contribution is -2.04. The van der Waals surface area contributed by atoms with Gasteiger partial charge in [0.25, 0.3) is 0 Å². The number of aromatic nitrogens is 2. The van der Waals surface area contributed by atoms with Crippen LogP contribution in [-0.4, -0.2) is 23.5 Å². The molecular weight excluding hydrogens is 250 g/mol. The third kappa shape index (κ3) is 2.66. The Morgan fingerprint density at radius 3 is 2.89 bits per heavy atom. The van der Waals surface area contributed by atoms with E-state index < -0.39 is 0 Å². The molecule has 5 heteroatoms. The van der Waals surface area contributed by atoms with Crippen LogP contribution in [0.25, 0.3) is 5.69 Å². The molecule has 2 N–H and O–H groups in total. The van der Waals surface area contributed by atoms with Gasteiger partial charge in [-0.05, 0) is 24.6 Å². The molecule has 0 fully saturated rings. The van der Waals surface area contributed by atoms with Crippen molar-refractivity contribution in [3.05, 3.63) is 40.5 Å². The summed E-state index contributed by atoms with van der Waals surface area (Å²) >= 11 is 6.01. The molecule has 0 bridgehead atoms. The molecule has 0 radical (unpaired) electrons. The van der Waals surface area contributed by atoms with Gasteiger partial charge in [0.1, 0.15) is 5.82 Å². The average molecular weight is 266 g/mol. The van der Waals surface area contributed by atoms with Crippen molar-refractivity contribution < 1.29 is 4.74 Å². The maximum absolute atomic E-state index is 6.01. The van der Waals surface area contributed by atoms with Crippen LogP contribution in [-0.2, 0) is 11.2 Å². The number of nitrogen functional groups attached to an aromatic ring is 1. The van der Waals surface area contributed by atoms with E-state index >= 15 is 0 Å². The Balaban J connectivity index is 2.38. The number of nitrogens with zero attached hydrogens (tertiary/aromatic N) is 2. The van der Waals surface area contributed by atoms with E-state index in [0.29, 0.717) is 17.4 Å². The van der Waals surface area contributed by atoms with Gasteiger partial charge in [-0.2, -0.15) is 5.10 Å². The van der Waals surface area contributed by atoms with Crippen LogP contribution in [0.1, 0.15) is 11.3 Å². The summed E-state index contributed by atoms with van der Waals surface area (Å²) in [6.07, 6.45) is 0.743. The lowest BCUT2D eigenvalue weighted by molar-refractivity contribution is 0.201. The molecule has 0 spiro atoms. The topological polar surface area (TPSA) is 53.1 Å². The Labute approximate surface area is 111 Å². The van der Waals surface area contributed by atoms with Gasteiger partial charge in [0, 0.05) is 24.6 Å². The molecule has 0 amide bonds. The SMILES string of the molecule is COCCc1cc(N)n(-c2cc(Cl)ccc2C)n1. The van der Waals surface area contributed by atoms with E-state index in [2.05, 4.69) is 5.10 Å². The number of methoxy groups -OCH3 is 1. The van der Waals surface area contributed by atoms with Crippen LogP contribution in [0.4, 0.5) is 5.82 Å². The highest BCUT2D eigenvalue weighted by molar-refractivity contribution is 6.30. The number of rotatable bonds is 4. The second-order valence-corrected chi connectivity index (χ2v) is 4.58. The van der Waals surface area contributed by atoms with Crippen molar-refractivity contribution in [2.45, 2.75) is 13.3 Å². The van der Waals surface area contributed by atoms with Crippen molar-refractivity contribution in [3.8, 4) is 5.69 Å². The fourth-order valence-electron chi connectivity index (χ4n) is 1.78. The van der Waals surface area contributed by atoms with Crippen molar-refractivity contribution in [2.24, 2.45) is 0 Å². The molecule has 0 aliphatic heterocycles. The number of aryl methyl sites for hydroxylation is 1. The molecule has 1 heterocycles. The van der Waals surface area contributed by atoms with Crippen molar-refractivity contribution in [1.82, 2.24) is 9.78 Å². The van der Waals surface area contributed by atoms with Crippen LogP contribution >= 0.6 is 11.6 Å². The molecule has 0 aliphatic carbocycles. The van der Waals surface area contributed by atoms with E-state index in [9.17, 15) is 0 Å². The number of nitrogens with two attached hydrogens (primary N) is 1. The zero-order valence-corrected chi connectivity index (χ0v) is 11.2. The number of halogens is 1. The summed E-state index contributed by atoms with van der Waals surface area (Å²) in [5, 5.41) is 5.14. The van der Waals surface area contributed by atoms with E-state index in [1.807, 2.05) is 31.2 Å². The molecule has 96 valence electrons. The molecule has 0 atom stereocenters. The molecule has 1 aromatic carbocycles. The third-order valence-electron chi connectivity index (χ3n) is 2.75. The van der Waals surface area contributed by atoms with E-state index in [1.165, 1.54) is 0 Å². The Hall–Kier alpha value is -1.52. The lowest BCUT2D eigenvalue weighted by atomic mass is 10.2. The van der Waals surface area contributed by atoms with Gasteiger partial charge in [-0.25, -0.2) is 4.68 Å². The van der Waals surface area contributed by atoms with Gasteiger partial charge in [0.05, 0.1) is 18.0 Å². The summed E-state index contributed by atoms with van der Waals surface area (Å²) < 4.78 is 6.75. The van der Waals surface area contributed by atoms with Crippen molar-refractivity contribution in [3.63, 3.8) is 0 Å². The molecule has 2 rings (SSSR count). The zero-order chi connectivity index (χ0) is 13.1. The van der Waals surface area contributed by atoms with Gasteiger partial charge in [-0.1, -0.05) is 17.7 Å². The quantitative estimate of drug-likeness (QED) is 0.925. The maximum Gasteiger partial charge on any atom is 0.127 e. The fraction of sp³-hybridized carbons (Fsp3) is 0.308. The van der Waals surface area contributed by atoms with Crippen LogP contribution in [0, 0.1) is 6.92 Å². The van der Waals surface area contributed by atoms with Crippen LogP contribution in [0.5, 0.6) is 0 Å². The first-order valence-electron chi connectivity index (χ1n) is 5.71. The number of hydrogen-bond donors (Lipinski definition) is 1. The maximum atomic E-state index is 6.01. The van der Waals surface area contributed by atoms with Gasteiger partial charge in [-0.3, -0.25) is 0 Å². The summed E-state index contributed by atoms with van der Waals surface area (Å²) in [5.74, 6) is 0.603. The predicted octanol–water partition coefficient (Wildman–Crippen LogP) is 2.61. The van der Waals surface area contributed by atoms with Gasteiger partial charge in [-0.15, -0.1) is 0 Å². The van der Waals surface area contributed by atoms with E-state index in [1.54, 1.807) is 11.8 Å². The standard InChI is InChI=1S/C13H16ClN3O/c1-9-3-4-10(14)7-12(9)17-13(15)8-11(16-17)5-6-18-2/h3-4,7-8H,5-6,15H2,1-2H3. The molecular formula is C13H16ClN3O. The Bertz CT molecular complexity index is 551. The smallest absolute Gasteiger partial charge is 0.127 e. The minimum atomic E-state index is 0.603. The van der Waals surface area contributed by atoms with Gasteiger partial charge in [0.2, 0.25) is 0 Å². The fourth-order valence-corrected chi connectivity index (χ4v) is 1.95. The van der Waals surface area contributed by atoms with Crippen LogP contribution in [0.15, 0.2) is 24.3 Å². The van der Waals surface area contributed by atoms with E-state index in [0.717, 1.165) is 23.4 Å². The Morgan fingerprint density at radius 2 is 2.17 bits per heavy atom. The summed E-state index contributed by atoms with van der Waals surface area (Å²) in [4.78, 5) is 0. The number of anilines is 1. The first-order valence-corrected chi connectivity index (χ1v) is 6.09. The molecule has 18 heavy (non-hydrogen) atoms. The highest BCUT2D eigenvalue weighted by Crippen LogP contribution is 2.22. The molecule has 0 saturated carbocycles. The highest BCUT2D eigenvalue weighted by Gasteiger charge is 2.09. The predicted molar refractivity (Wildman–Crippen MR) is 73.3 cm³/mol. The third-order valence-corrected chi connectivity index (χ3v) is 2.98. The van der Waals surface area contributed by atoms with Crippen molar-refractivity contribution in [2.75, 3.05) is 19.5 Å². The van der Waals surface area contributed by atoms with Crippen LogP contribution in [0.3, 0.4) is 0 Å². The Kier molecular flexibility index (Phi) is 3.89.